The lowest BCUT2D eigenvalue weighted by Crippen LogP contribution is -2.37. The molecule has 0 aliphatic carbocycles. The second-order valence-corrected chi connectivity index (χ2v) is 6.75. The Morgan fingerprint density at radius 1 is 1.15 bits per heavy atom. The molecule has 0 spiro atoms. The Morgan fingerprint density at radius 2 is 1.96 bits per heavy atom. The summed E-state index contributed by atoms with van der Waals surface area (Å²) >= 11 is 0. The van der Waals surface area contributed by atoms with Gasteiger partial charge < -0.3 is 10.6 Å². The molecule has 6 heteroatoms. The molecule has 1 aliphatic heterocycles. The largest absolute Gasteiger partial charge is 0.370 e. The van der Waals surface area contributed by atoms with Crippen LogP contribution in [0, 0.1) is 5.92 Å². The number of carbonyl (C=O) groups is 1. The molecule has 0 bridgehead atoms. The van der Waals surface area contributed by atoms with E-state index in [0.717, 1.165) is 48.2 Å². The number of anilines is 1. The number of benzene rings is 1. The van der Waals surface area contributed by atoms with Crippen molar-refractivity contribution < 1.29 is 4.79 Å². The number of nitrogens with zero attached hydrogens (tertiary/aromatic N) is 4. The van der Waals surface area contributed by atoms with Gasteiger partial charge >= 0.3 is 0 Å². The minimum Gasteiger partial charge on any atom is -0.370 e. The highest BCUT2D eigenvalue weighted by Gasteiger charge is 2.24. The zero-order valence-electron chi connectivity index (χ0n) is 14.5. The van der Waals surface area contributed by atoms with Crippen LogP contribution in [0.5, 0.6) is 0 Å². The van der Waals surface area contributed by atoms with E-state index in [9.17, 15) is 4.79 Å². The molecule has 3 heterocycles. The third-order valence-electron chi connectivity index (χ3n) is 4.83. The van der Waals surface area contributed by atoms with Gasteiger partial charge in [0.25, 0.3) is 0 Å². The smallest absolute Gasteiger partial charge is 0.217 e. The quantitative estimate of drug-likeness (QED) is 0.784. The van der Waals surface area contributed by atoms with E-state index >= 15 is 0 Å². The van der Waals surface area contributed by atoms with Crippen LogP contribution in [0.2, 0.25) is 0 Å². The van der Waals surface area contributed by atoms with Crippen LogP contribution in [0.1, 0.15) is 19.3 Å². The predicted octanol–water partition coefficient (Wildman–Crippen LogP) is 2.78. The Hall–Kier alpha value is -3.02. The van der Waals surface area contributed by atoms with Crippen LogP contribution in [-0.2, 0) is 4.79 Å². The highest BCUT2D eigenvalue weighted by molar-refractivity contribution is 5.91. The number of fused-ring (bicyclic) bond motifs is 1. The summed E-state index contributed by atoms with van der Waals surface area (Å²) in [5, 5.41) is 1.03. The van der Waals surface area contributed by atoms with E-state index in [1.807, 2.05) is 30.3 Å². The fraction of sp³-hybridized carbons (Fsp3) is 0.300. The van der Waals surface area contributed by atoms with Crippen LogP contribution < -0.4 is 10.6 Å². The molecule has 26 heavy (non-hydrogen) atoms. The maximum atomic E-state index is 11.3. The average molecular weight is 347 g/mol. The van der Waals surface area contributed by atoms with Crippen LogP contribution in [-0.4, -0.2) is 33.9 Å². The van der Waals surface area contributed by atoms with Crippen LogP contribution in [0.25, 0.3) is 22.3 Å². The van der Waals surface area contributed by atoms with Crippen molar-refractivity contribution in [2.45, 2.75) is 19.3 Å². The van der Waals surface area contributed by atoms with Gasteiger partial charge in [-0.05, 0) is 43.0 Å². The van der Waals surface area contributed by atoms with Crippen LogP contribution in [0.3, 0.4) is 0 Å². The number of carbonyl (C=O) groups excluding carboxylic acids is 1. The van der Waals surface area contributed by atoms with E-state index in [2.05, 4.69) is 16.0 Å². The summed E-state index contributed by atoms with van der Waals surface area (Å²) in [5.74, 6) is 1.66. The summed E-state index contributed by atoms with van der Waals surface area (Å²) in [5.41, 5.74) is 7.27. The Labute approximate surface area is 152 Å². The fourth-order valence-corrected chi connectivity index (χ4v) is 3.64. The molecule has 1 unspecified atom stereocenters. The fourth-order valence-electron chi connectivity index (χ4n) is 3.64. The van der Waals surface area contributed by atoms with Gasteiger partial charge in [-0.1, -0.05) is 12.1 Å². The van der Waals surface area contributed by atoms with Gasteiger partial charge in [0.15, 0.2) is 5.82 Å². The van der Waals surface area contributed by atoms with Crippen LogP contribution in [0.4, 0.5) is 5.82 Å². The first-order valence-electron chi connectivity index (χ1n) is 8.91. The van der Waals surface area contributed by atoms with Crippen LogP contribution in [0.15, 0.2) is 48.8 Å². The molecular formula is C20H21N5O. The number of para-hydroxylation sites is 1. The average Bonchev–Trinajstić information content (AvgIpc) is 2.67. The van der Waals surface area contributed by atoms with Gasteiger partial charge in [0.05, 0.1) is 5.52 Å². The number of piperidine rings is 1. The summed E-state index contributed by atoms with van der Waals surface area (Å²) in [6.45, 7) is 1.71. The minimum atomic E-state index is -0.234. The van der Waals surface area contributed by atoms with Crippen LogP contribution >= 0.6 is 0 Å². The summed E-state index contributed by atoms with van der Waals surface area (Å²) in [4.78, 5) is 27.3. The van der Waals surface area contributed by atoms with Gasteiger partial charge in [-0.25, -0.2) is 9.97 Å². The first-order valence-corrected chi connectivity index (χ1v) is 8.91. The Bertz CT molecular complexity index is 928. The topological polar surface area (TPSA) is 85.0 Å². The Balaban J connectivity index is 1.77. The molecule has 1 fully saturated rings. The molecule has 1 amide bonds. The number of hydrogen-bond donors (Lipinski definition) is 1. The third kappa shape index (κ3) is 3.35. The van der Waals surface area contributed by atoms with Gasteiger partial charge in [0, 0.05) is 42.9 Å². The second kappa shape index (κ2) is 7.07. The maximum absolute atomic E-state index is 11.3. The zero-order valence-corrected chi connectivity index (χ0v) is 14.5. The van der Waals surface area contributed by atoms with Gasteiger partial charge in [-0.2, -0.15) is 0 Å². The van der Waals surface area contributed by atoms with E-state index in [1.54, 1.807) is 12.4 Å². The second-order valence-electron chi connectivity index (χ2n) is 6.75. The number of aromatic nitrogens is 3. The molecule has 2 N–H and O–H groups in total. The number of amides is 1. The van der Waals surface area contributed by atoms with E-state index in [-0.39, 0.29) is 11.8 Å². The molecule has 1 saturated heterocycles. The molecule has 6 nitrogen and oxygen atoms in total. The molecule has 4 rings (SSSR count). The predicted molar refractivity (Wildman–Crippen MR) is 102 cm³/mol. The minimum absolute atomic E-state index is 0.234. The van der Waals surface area contributed by atoms with Gasteiger partial charge in [-0.3, -0.25) is 9.78 Å². The number of hydrogen-bond acceptors (Lipinski definition) is 5. The lowest BCUT2D eigenvalue weighted by molar-refractivity contribution is -0.118. The highest BCUT2D eigenvalue weighted by atomic mass is 16.1. The normalized spacial score (nSPS) is 17.4. The molecule has 0 saturated carbocycles. The van der Waals surface area contributed by atoms with Crippen molar-refractivity contribution in [1.29, 1.82) is 0 Å². The maximum Gasteiger partial charge on any atom is 0.217 e. The van der Waals surface area contributed by atoms with Crippen molar-refractivity contribution in [2.75, 3.05) is 18.0 Å². The van der Waals surface area contributed by atoms with E-state index in [0.29, 0.717) is 12.2 Å². The summed E-state index contributed by atoms with van der Waals surface area (Å²) in [6.07, 6.45) is 5.98. The monoisotopic (exact) mass is 347 g/mol. The number of rotatable bonds is 4. The highest BCUT2D eigenvalue weighted by Crippen LogP contribution is 2.31. The third-order valence-corrected chi connectivity index (χ3v) is 4.83. The number of nitrogens with two attached hydrogens (primary N) is 1. The molecular weight excluding hydrogens is 326 g/mol. The molecule has 1 aromatic carbocycles. The molecule has 2 aromatic heterocycles. The van der Waals surface area contributed by atoms with E-state index in [1.165, 1.54) is 0 Å². The van der Waals surface area contributed by atoms with E-state index in [4.69, 9.17) is 15.7 Å². The number of pyridine rings is 1. The van der Waals surface area contributed by atoms with Crippen molar-refractivity contribution in [3.05, 3.63) is 48.8 Å². The number of primary amides is 1. The summed E-state index contributed by atoms with van der Waals surface area (Å²) < 4.78 is 0. The molecule has 1 aliphatic rings. The van der Waals surface area contributed by atoms with Gasteiger partial charge in [0.2, 0.25) is 5.91 Å². The molecule has 3 aromatic rings. The summed E-state index contributed by atoms with van der Waals surface area (Å²) in [6, 6.07) is 11.9. The van der Waals surface area contributed by atoms with Gasteiger partial charge in [0.1, 0.15) is 5.82 Å². The first kappa shape index (κ1) is 16.4. The summed E-state index contributed by atoms with van der Waals surface area (Å²) in [7, 11) is 0. The van der Waals surface area contributed by atoms with E-state index < -0.39 is 0 Å². The van der Waals surface area contributed by atoms with Crippen molar-refractivity contribution in [3.63, 3.8) is 0 Å². The molecule has 0 radical (unpaired) electrons. The lowest BCUT2D eigenvalue weighted by atomic mass is 9.94. The van der Waals surface area contributed by atoms with Crippen molar-refractivity contribution >= 4 is 22.6 Å². The van der Waals surface area contributed by atoms with Crippen molar-refractivity contribution in [3.8, 4) is 11.4 Å². The lowest BCUT2D eigenvalue weighted by Gasteiger charge is -2.34. The SMILES string of the molecule is NC(=O)CC1CCCN(c2nc(-c3ccncc3)nc3ccccc23)C1. The molecule has 132 valence electrons. The van der Waals surface area contributed by atoms with Crippen molar-refractivity contribution in [1.82, 2.24) is 15.0 Å². The Morgan fingerprint density at radius 3 is 2.77 bits per heavy atom. The first-order chi connectivity index (χ1) is 12.7. The standard InChI is InChI=1S/C20H21N5O/c21-18(26)12-14-4-3-11-25(13-14)20-16-5-1-2-6-17(16)23-19(24-20)15-7-9-22-10-8-15/h1-2,5-10,14H,3-4,11-13H2,(H2,21,26). The molecule has 1 atom stereocenters. The zero-order chi connectivity index (χ0) is 17.9. The Kier molecular flexibility index (Phi) is 4.48. The van der Waals surface area contributed by atoms with Crippen molar-refractivity contribution in [2.24, 2.45) is 11.7 Å². The van der Waals surface area contributed by atoms with Gasteiger partial charge in [-0.15, -0.1) is 0 Å².